The van der Waals surface area contributed by atoms with Crippen LogP contribution in [0.1, 0.15) is 5.56 Å². The van der Waals surface area contributed by atoms with E-state index in [1.807, 2.05) is 29.1 Å². The van der Waals surface area contributed by atoms with Crippen molar-refractivity contribution in [3.8, 4) is 22.4 Å². The van der Waals surface area contributed by atoms with Gasteiger partial charge >= 0.3 is 0 Å². The van der Waals surface area contributed by atoms with Crippen molar-refractivity contribution in [1.29, 1.82) is 0 Å². The van der Waals surface area contributed by atoms with Crippen LogP contribution in [0.5, 0.6) is 0 Å². The zero-order valence-corrected chi connectivity index (χ0v) is 16.6. The highest BCUT2D eigenvalue weighted by molar-refractivity contribution is 5.80. The van der Waals surface area contributed by atoms with E-state index in [1.165, 1.54) is 12.1 Å². The van der Waals surface area contributed by atoms with Gasteiger partial charge < -0.3 is 10.1 Å². The van der Waals surface area contributed by atoms with E-state index in [-0.39, 0.29) is 5.82 Å². The number of hydrogen-bond donors (Lipinski definition) is 1. The summed E-state index contributed by atoms with van der Waals surface area (Å²) >= 11 is 0. The molecule has 0 radical (unpaired) electrons. The van der Waals surface area contributed by atoms with Crippen molar-refractivity contribution in [3.05, 3.63) is 84.6 Å². The quantitative estimate of drug-likeness (QED) is 0.446. The maximum absolute atomic E-state index is 13.4. The van der Waals surface area contributed by atoms with E-state index >= 15 is 0 Å². The summed E-state index contributed by atoms with van der Waals surface area (Å²) in [6, 6.07) is 16.5. The highest BCUT2D eigenvalue weighted by Gasteiger charge is 2.14. The standard InChI is InChI=1S/C23H22FN5O/c1-30-12-11-25-23-26-14-21(18-7-9-20(24)10-8-18)22(28-23)19-13-27-29(16-19)15-17-5-3-2-4-6-17/h2-10,13-14,16H,11-12,15H2,1H3,(H,25,26,28). The fraction of sp³-hybridized carbons (Fsp3) is 0.174. The first-order valence-corrected chi connectivity index (χ1v) is 9.65. The molecule has 152 valence electrons. The molecule has 4 aromatic rings. The van der Waals surface area contributed by atoms with Crippen LogP contribution in [0.3, 0.4) is 0 Å². The second-order valence-electron chi connectivity index (χ2n) is 6.79. The van der Waals surface area contributed by atoms with E-state index < -0.39 is 0 Å². The third-order valence-corrected chi connectivity index (χ3v) is 4.63. The molecule has 7 heteroatoms. The molecule has 1 N–H and O–H groups in total. The number of hydrogen-bond acceptors (Lipinski definition) is 5. The second-order valence-corrected chi connectivity index (χ2v) is 6.79. The molecule has 0 atom stereocenters. The third kappa shape index (κ3) is 4.69. The van der Waals surface area contributed by atoms with Gasteiger partial charge in [-0.1, -0.05) is 42.5 Å². The largest absolute Gasteiger partial charge is 0.383 e. The molecule has 6 nitrogen and oxygen atoms in total. The molecule has 0 spiro atoms. The van der Waals surface area contributed by atoms with Crippen LogP contribution in [0, 0.1) is 5.82 Å². The minimum Gasteiger partial charge on any atom is -0.383 e. The van der Waals surface area contributed by atoms with Crippen LogP contribution >= 0.6 is 0 Å². The van der Waals surface area contributed by atoms with Crippen LogP contribution in [-0.2, 0) is 11.3 Å². The number of nitrogens with zero attached hydrogens (tertiary/aromatic N) is 4. The van der Waals surface area contributed by atoms with Crippen molar-refractivity contribution in [2.24, 2.45) is 0 Å². The Morgan fingerprint density at radius 3 is 2.57 bits per heavy atom. The number of methoxy groups -OCH3 is 1. The van der Waals surface area contributed by atoms with Gasteiger partial charge in [0, 0.05) is 37.2 Å². The van der Waals surface area contributed by atoms with Gasteiger partial charge in [-0.25, -0.2) is 14.4 Å². The minimum absolute atomic E-state index is 0.283. The van der Waals surface area contributed by atoms with Gasteiger partial charge in [0.2, 0.25) is 5.95 Å². The molecule has 0 saturated heterocycles. The Labute approximate surface area is 174 Å². The SMILES string of the molecule is COCCNc1ncc(-c2ccc(F)cc2)c(-c2cnn(Cc3ccccc3)c2)n1. The summed E-state index contributed by atoms with van der Waals surface area (Å²) in [6.07, 6.45) is 5.50. The average molecular weight is 403 g/mol. The van der Waals surface area contributed by atoms with E-state index in [9.17, 15) is 4.39 Å². The minimum atomic E-state index is -0.283. The maximum atomic E-state index is 13.4. The number of ether oxygens (including phenoxy) is 1. The maximum Gasteiger partial charge on any atom is 0.223 e. The molecule has 4 rings (SSSR count). The van der Waals surface area contributed by atoms with Gasteiger partial charge in [0.15, 0.2) is 0 Å². The highest BCUT2D eigenvalue weighted by atomic mass is 19.1. The fourth-order valence-electron chi connectivity index (χ4n) is 3.14. The molecule has 2 aromatic heterocycles. The van der Waals surface area contributed by atoms with E-state index in [4.69, 9.17) is 9.72 Å². The Hall–Kier alpha value is -3.58. The van der Waals surface area contributed by atoms with Gasteiger partial charge in [-0.05, 0) is 23.3 Å². The Morgan fingerprint density at radius 2 is 1.80 bits per heavy atom. The molecule has 0 aliphatic rings. The first-order chi connectivity index (χ1) is 14.7. The van der Waals surface area contributed by atoms with E-state index in [0.717, 1.165) is 27.9 Å². The predicted molar refractivity (Wildman–Crippen MR) is 115 cm³/mol. The van der Waals surface area contributed by atoms with Crippen LogP contribution in [0.15, 0.2) is 73.2 Å². The number of anilines is 1. The van der Waals surface area contributed by atoms with Gasteiger partial charge in [-0.2, -0.15) is 5.10 Å². The number of halogens is 1. The molecule has 0 bridgehead atoms. The van der Waals surface area contributed by atoms with Gasteiger partial charge in [0.25, 0.3) is 0 Å². The highest BCUT2D eigenvalue weighted by Crippen LogP contribution is 2.30. The Kier molecular flexibility index (Phi) is 6.10. The van der Waals surface area contributed by atoms with E-state index in [2.05, 4.69) is 27.5 Å². The smallest absolute Gasteiger partial charge is 0.223 e. The molecular formula is C23H22FN5O. The molecular weight excluding hydrogens is 381 g/mol. The van der Waals surface area contributed by atoms with Gasteiger partial charge in [0.05, 0.1) is 25.0 Å². The number of aromatic nitrogens is 4. The van der Waals surface area contributed by atoms with Crippen LogP contribution in [0.4, 0.5) is 10.3 Å². The number of nitrogens with one attached hydrogen (secondary N) is 1. The van der Waals surface area contributed by atoms with E-state index in [0.29, 0.717) is 25.6 Å². The molecule has 2 heterocycles. The van der Waals surface area contributed by atoms with E-state index in [1.54, 1.807) is 31.6 Å². The molecule has 0 unspecified atom stereocenters. The van der Waals surface area contributed by atoms with Crippen LogP contribution in [0.25, 0.3) is 22.4 Å². The fourth-order valence-corrected chi connectivity index (χ4v) is 3.14. The van der Waals surface area contributed by atoms with Crippen molar-refractivity contribution >= 4 is 5.95 Å². The Morgan fingerprint density at radius 1 is 1.00 bits per heavy atom. The molecule has 0 saturated carbocycles. The summed E-state index contributed by atoms with van der Waals surface area (Å²) < 4.78 is 20.4. The van der Waals surface area contributed by atoms with Crippen molar-refractivity contribution < 1.29 is 9.13 Å². The number of benzene rings is 2. The normalized spacial score (nSPS) is 10.9. The van der Waals surface area contributed by atoms with Crippen molar-refractivity contribution in [2.75, 3.05) is 25.6 Å². The number of rotatable bonds is 8. The van der Waals surface area contributed by atoms with Crippen molar-refractivity contribution in [1.82, 2.24) is 19.7 Å². The lowest BCUT2D eigenvalue weighted by Crippen LogP contribution is -2.10. The average Bonchev–Trinajstić information content (AvgIpc) is 3.24. The molecule has 0 aliphatic heterocycles. The predicted octanol–water partition coefficient (Wildman–Crippen LogP) is 4.25. The lowest BCUT2D eigenvalue weighted by Gasteiger charge is -2.10. The van der Waals surface area contributed by atoms with Gasteiger partial charge in [0.1, 0.15) is 5.82 Å². The summed E-state index contributed by atoms with van der Waals surface area (Å²) in [5.41, 5.74) is 4.41. The third-order valence-electron chi connectivity index (χ3n) is 4.63. The van der Waals surface area contributed by atoms with Crippen molar-refractivity contribution in [3.63, 3.8) is 0 Å². The summed E-state index contributed by atoms with van der Waals surface area (Å²) in [4.78, 5) is 9.12. The molecule has 2 aromatic carbocycles. The summed E-state index contributed by atoms with van der Waals surface area (Å²) in [7, 11) is 1.65. The van der Waals surface area contributed by atoms with Crippen LogP contribution < -0.4 is 5.32 Å². The lowest BCUT2D eigenvalue weighted by atomic mass is 10.0. The van der Waals surface area contributed by atoms with Crippen LogP contribution in [0.2, 0.25) is 0 Å². The Balaban J connectivity index is 1.68. The zero-order chi connectivity index (χ0) is 20.8. The summed E-state index contributed by atoms with van der Waals surface area (Å²) in [5.74, 6) is 0.221. The first-order valence-electron chi connectivity index (χ1n) is 9.65. The molecule has 0 aliphatic carbocycles. The van der Waals surface area contributed by atoms with Gasteiger partial charge in [-0.3, -0.25) is 4.68 Å². The molecule has 0 fully saturated rings. The summed E-state index contributed by atoms with van der Waals surface area (Å²) in [5, 5.41) is 7.65. The molecule has 30 heavy (non-hydrogen) atoms. The second kappa shape index (κ2) is 9.28. The first kappa shape index (κ1) is 19.7. The lowest BCUT2D eigenvalue weighted by molar-refractivity contribution is 0.210. The van der Waals surface area contributed by atoms with Crippen molar-refractivity contribution in [2.45, 2.75) is 6.54 Å². The topological polar surface area (TPSA) is 64.9 Å². The van der Waals surface area contributed by atoms with Crippen LogP contribution in [-0.4, -0.2) is 40.0 Å². The monoisotopic (exact) mass is 403 g/mol. The zero-order valence-electron chi connectivity index (χ0n) is 16.6. The van der Waals surface area contributed by atoms with Gasteiger partial charge in [-0.15, -0.1) is 0 Å². The summed E-state index contributed by atoms with van der Waals surface area (Å²) in [6.45, 7) is 1.81. The molecule has 0 amide bonds. The Bertz CT molecular complexity index is 1100.